The summed E-state index contributed by atoms with van der Waals surface area (Å²) >= 11 is 0. The van der Waals surface area contributed by atoms with Crippen LogP contribution in [0, 0.1) is 54.3 Å². The topological polar surface area (TPSA) is 92.0 Å². The zero-order chi connectivity index (χ0) is 22.3. The molecule has 5 fully saturated rings. The van der Waals surface area contributed by atoms with Crippen LogP contribution in [0.25, 0.3) is 11.2 Å². The first-order chi connectivity index (χ1) is 15.9. The van der Waals surface area contributed by atoms with Crippen LogP contribution in [-0.4, -0.2) is 30.1 Å². The third-order valence-corrected chi connectivity index (χ3v) is 10.2. The minimum atomic E-state index is -0.332. The predicted molar refractivity (Wildman–Crippen MR) is 113 cm³/mol. The number of carbonyl (C=O) groups excluding carboxylic acids is 3. The summed E-state index contributed by atoms with van der Waals surface area (Å²) in [6.07, 6.45) is 4.51. The average molecular weight is 450 g/mol. The third-order valence-electron chi connectivity index (χ3n) is 10.2. The standard InChI is InChI=1S/C26H26O7/c1-8-3-10(11-7-17(8)30-24(11)27)4-14-12-5-15-19(26(29)32-21(14)15)13(12)6-16-20-9(2)18-23(31-20)22(16)33-25(18)28/h8,10-15,17,19,21H,3-7H2,1-2H3/t8-,10?,11?,12?,13?,14-,15?,17?,19?,21?/m1/s1. The Balaban J connectivity index is 1.11. The van der Waals surface area contributed by atoms with E-state index >= 15 is 0 Å². The Bertz CT molecular complexity index is 1240. The van der Waals surface area contributed by atoms with Crippen LogP contribution in [0.15, 0.2) is 4.42 Å². The van der Waals surface area contributed by atoms with E-state index < -0.39 is 0 Å². The highest BCUT2D eigenvalue weighted by Gasteiger charge is 2.67. The van der Waals surface area contributed by atoms with Gasteiger partial charge in [-0.3, -0.25) is 9.59 Å². The number of carbonyl (C=O) groups is 3. The molecule has 3 aliphatic heterocycles. The molecule has 3 aliphatic carbocycles. The van der Waals surface area contributed by atoms with Crippen molar-refractivity contribution in [1.29, 1.82) is 0 Å². The maximum absolute atomic E-state index is 12.9. The highest BCUT2D eigenvalue weighted by atomic mass is 16.6. The van der Waals surface area contributed by atoms with Crippen LogP contribution < -0.4 is 4.74 Å². The van der Waals surface area contributed by atoms with Gasteiger partial charge in [0.1, 0.15) is 23.4 Å². The normalized spacial score (nSPS) is 44.2. The molecule has 33 heavy (non-hydrogen) atoms. The fraction of sp³-hybridized carbons (Fsp3) is 0.654. The van der Waals surface area contributed by atoms with E-state index in [0.29, 0.717) is 41.1 Å². The molecule has 2 aromatic rings. The van der Waals surface area contributed by atoms with E-state index in [0.717, 1.165) is 42.4 Å². The first-order valence-corrected chi connectivity index (χ1v) is 12.4. The second-order valence-electron chi connectivity index (χ2n) is 11.5. The fourth-order valence-electron chi connectivity index (χ4n) is 8.82. The van der Waals surface area contributed by atoms with Gasteiger partial charge in [-0.15, -0.1) is 0 Å². The van der Waals surface area contributed by atoms with Gasteiger partial charge in [0.2, 0.25) is 0 Å². The number of ether oxygens (including phenoxy) is 3. The predicted octanol–water partition coefficient (Wildman–Crippen LogP) is 3.66. The molecule has 8 rings (SSSR count). The number of rotatable bonds is 4. The Morgan fingerprint density at radius 3 is 2.64 bits per heavy atom. The van der Waals surface area contributed by atoms with Crippen LogP contribution in [0.2, 0.25) is 0 Å². The highest BCUT2D eigenvalue weighted by Crippen LogP contribution is 2.64. The molecule has 0 radical (unpaired) electrons. The van der Waals surface area contributed by atoms with Crippen molar-refractivity contribution in [3.05, 3.63) is 16.7 Å². The zero-order valence-electron chi connectivity index (χ0n) is 18.7. The molecule has 0 amide bonds. The quantitative estimate of drug-likeness (QED) is 0.657. The zero-order valence-corrected chi connectivity index (χ0v) is 18.7. The Hall–Kier alpha value is -2.57. The van der Waals surface area contributed by atoms with Gasteiger partial charge in [0.05, 0.1) is 11.8 Å². The molecular formula is C26H26O7. The Labute approximate surface area is 190 Å². The lowest BCUT2D eigenvalue weighted by Crippen LogP contribution is -2.38. The number of hydrogen-bond donors (Lipinski definition) is 0. The summed E-state index contributed by atoms with van der Waals surface area (Å²) in [4.78, 5) is 37.6. The molecule has 6 bridgehead atoms. The highest BCUT2D eigenvalue weighted by molar-refractivity contribution is 6.11. The molecule has 0 N–H and O–H groups in total. The van der Waals surface area contributed by atoms with Gasteiger partial charge in [-0.05, 0) is 68.6 Å². The minimum absolute atomic E-state index is 0.00311. The number of fused-ring (bicyclic) bond motifs is 4. The molecule has 172 valence electrons. The number of benzene rings is 1. The monoisotopic (exact) mass is 450 g/mol. The lowest BCUT2D eigenvalue weighted by atomic mass is 9.65. The van der Waals surface area contributed by atoms with Crippen molar-refractivity contribution in [2.45, 2.75) is 58.2 Å². The number of aryl methyl sites for hydroxylation is 1. The van der Waals surface area contributed by atoms with Gasteiger partial charge in [0, 0.05) is 17.0 Å². The van der Waals surface area contributed by atoms with Crippen molar-refractivity contribution in [3.63, 3.8) is 0 Å². The maximum Gasteiger partial charge on any atom is 0.348 e. The maximum atomic E-state index is 12.9. The van der Waals surface area contributed by atoms with Crippen LogP contribution in [0.4, 0.5) is 0 Å². The molecule has 10 atom stereocenters. The van der Waals surface area contributed by atoms with Crippen molar-refractivity contribution in [3.8, 4) is 5.75 Å². The Morgan fingerprint density at radius 1 is 0.939 bits per heavy atom. The summed E-state index contributed by atoms with van der Waals surface area (Å²) in [5.41, 5.74) is 3.67. The summed E-state index contributed by atoms with van der Waals surface area (Å²) in [5.74, 6) is 1.82. The van der Waals surface area contributed by atoms with E-state index in [1.54, 1.807) is 0 Å². The van der Waals surface area contributed by atoms with Gasteiger partial charge in [-0.1, -0.05) is 6.92 Å². The van der Waals surface area contributed by atoms with Crippen molar-refractivity contribution >= 4 is 29.1 Å². The summed E-state index contributed by atoms with van der Waals surface area (Å²) in [5, 5.41) is 0. The van der Waals surface area contributed by atoms with E-state index in [1.165, 1.54) is 0 Å². The fourth-order valence-corrected chi connectivity index (χ4v) is 8.82. The lowest BCUT2D eigenvalue weighted by Gasteiger charge is -2.37. The van der Waals surface area contributed by atoms with Crippen LogP contribution in [0.3, 0.4) is 0 Å². The molecule has 7 heteroatoms. The van der Waals surface area contributed by atoms with Crippen LogP contribution in [-0.2, 0) is 25.5 Å². The van der Waals surface area contributed by atoms with E-state index in [-0.39, 0.29) is 59.7 Å². The molecule has 3 saturated carbocycles. The van der Waals surface area contributed by atoms with Crippen LogP contribution in [0.1, 0.15) is 54.1 Å². The van der Waals surface area contributed by atoms with E-state index in [9.17, 15) is 14.4 Å². The second-order valence-corrected chi connectivity index (χ2v) is 11.5. The Morgan fingerprint density at radius 2 is 1.79 bits per heavy atom. The van der Waals surface area contributed by atoms with Gasteiger partial charge in [0.15, 0.2) is 11.3 Å². The van der Waals surface area contributed by atoms with Crippen molar-refractivity contribution in [2.24, 2.45) is 47.3 Å². The van der Waals surface area contributed by atoms with Crippen LogP contribution in [0.5, 0.6) is 5.75 Å². The molecule has 0 spiro atoms. The molecule has 2 saturated heterocycles. The average Bonchev–Trinajstić information content (AvgIpc) is 3.57. The SMILES string of the molecule is Cc1c2c3oc1c(CC1C4C(=O)OC5C4CC1[C@H]5CC1C[C@@H](C)C4CC1C(=O)O4)c3OC2=O. The number of esters is 3. The first kappa shape index (κ1) is 18.8. The molecule has 7 nitrogen and oxygen atoms in total. The van der Waals surface area contributed by atoms with Crippen molar-refractivity contribution < 1.29 is 33.0 Å². The smallest absolute Gasteiger partial charge is 0.348 e. The number of furan rings is 2. The molecule has 6 aliphatic rings. The van der Waals surface area contributed by atoms with E-state index in [1.807, 2.05) is 6.92 Å². The summed E-state index contributed by atoms with van der Waals surface area (Å²) in [6.45, 7) is 4.09. The summed E-state index contributed by atoms with van der Waals surface area (Å²) in [6, 6.07) is 0. The Kier molecular flexibility index (Phi) is 3.37. The van der Waals surface area contributed by atoms with Gasteiger partial charge in [0.25, 0.3) is 0 Å². The minimum Gasteiger partial charge on any atom is -0.462 e. The molecule has 5 heterocycles. The third kappa shape index (κ3) is 2.15. The van der Waals surface area contributed by atoms with Gasteiger partial charge in [-0.2, -0.15) is 0 Å². The molecule has 8 unspecified atom stereocenters. The molecule has 2 aromatic heterocycles. The van der Waals surface area contributed by atoms with Gasteiger partial charge < -0.3 is 18.6 Å². The van der Waals surface area contributed by atoms with Crippen molar-refractivity contribution in [1.82, 2.24) is 0 Å². The largest absolute Gasteiger partial charge is 0.462 e. The van der Waals surface area contributed by atoms with Gasteiger partial charge >= 0.3 is 17.9 Å². The number of hydrogen-bond acceptors (Lipinski definition) is 7. The van der Waals surface area contributed by atoms with Gasteiger partial charge in [-0.25, -0.2) is 4.79 Å². The van der Waals surface area contributed by atoms with Crippen LogP contribution >= 0.6 is 0 Å². The first-order valence-electron chi connectivity index (χ1n) is 12.4. The molecular weight excluding hydrogens is 424 g/mol. The summed E-state index contributed by atoms with van der Waals surface area (Å²) in [7, 11) is 0. The molecule has 0 aromatic carbocycles. The van der Waals surface area contributed by atoms with E-state index in [2.05, 4.69) is 6.92 Å². The second kappa shape index (κ2) is 5.91. The van der Waals surface area contributed by atoms with E-state index in [4.69, 9.17) is 18.6 Å². The lowest BCUT2D eigenvalue weighted by molar-refractivity contribution is -0.146. The van der Waals surface area contributed by atoms with Crippen molar-refractivity contribution in [2.75, 3.05) is 0 Å². The summed E-state index contributed by atoms with van der Waals surface area (Å²) < 4.78 is 23.1.